The molecule has 1 unspecified atom stereocenters. The molecule has 0 aliphatic carbocycles. The van der Waals surface area contributed by atoms with Crippen LogP contribution in [0.2, 0.25) is 0 Å². The molecule has 0 saturated carbocycles. The Hall–Kier alpha value is 0.295. The molecule has 0 aliphatic rings. The number of hydrogen-bond acceptors (Lipinski definition) is 1. The van der Waals surface area contributed by atoms with Crippen molar-refractivity contribution in [2.24, 2.45) is 0 Å². The van der Waals surface area contributed by atoms with Crippen LogP contribution in [0.5, 0.6) is 0 Å². The van der Waals surface area contributed by atoms with Gasteiger partial charge < -0.3 is 0 Å². The quantitative estimate of drug-likeness (QED) is 0.324. The van der Waals surface area contributed by atoms with Crippen LogP contribution in [0.25, 0.3) is 0 Å². The van der Waals surface area contributed by atoms with E-state index >= 15 is 0 Å². The molecule has 0 fully saturated rings. The Balaban J connectivity index is 2.96. The van der Waals surface area contributed by atoms with E-state index in [4.69, 9.17) is 2.65 Å². The van der Waals surface area contributed by atoms with Crippen molar-refractivity contribution < 1.29 is 6.08 Å². The van der Waals surface area contributed by atoms with Gasteiger partial charge in [0.25, 0.3) is 0 Å². The van der Waals surface area contributed by atoms with Crippen LogP contribution in [0.15, 0.2) is 0 Å². The van der Waals surface area contributed by atoms with Crippen molar-refractivity contribution in [3.63, 3.8) is 0 Å². The minimum atomic E-state index is -1.34. The third-order valence-corrected chi connectivity index (χ3v) is 0.224. The van der Waals surface area contributed by atoms with E-state index in [1.165, 1.54) is 0 Å². The van der Waals surface area contributed by atoms with Gasteiger partial charge in [0.15, 0.2) is 0 Å². The summed E-state index contributed by atoms with van der Waals surface area (Å²) in [5.41, 5.74) is 0. The molecule has 0 aromatic rings. The Kier molecular flexibility index (Phi) is 1.37. The van der Waals surface area contributed by atoms with Crippen molar-refractivity contribution in [3.05, 3.63) is 0 Å². The van der Waals surface area contributed by atoms with Crippen LogP contribution in [0.1, 0.15) is 1.37 Å². The van der Waals surface area contributed by atoms with Crippen molar-refractivity contribution in [2.75, 3.05) is 6.64 Å². The first-order chi connectivity index (χ1) is 2.81. The molecule has 0 heterocycles. The summed E-state index contributed by atoms with van der Waals surface area (Å²) in [6, 6.07) is 0. The standard InChI is InChI=1S/CH4BOP/c1-4-2-3/h4H,1H3/i1D,4T. The Morgan fingerprint density at radius 2 is 3.75 bits per heavy atom. The zero-order valence-corrected chi connectivity index (χ0v) is 3.03. The van der Waals surface area contributed by atoms with Gasteiger partial charge in [-0.2, -0.15) is 0 Å². The van der Waals surface area contributed by atoms with Gasteiger partial charge in [0.2, 0.25) is 0 Å². The van der Waals surface area contributed by atoms with Gasteiger partial charge in [-0.15, -0.1) is 0 Å². The van der Waals surface area contributed by atoms with Crippen LogP contribution < -0.4 is 0 Å². The monoisotopic (exact) mass is 77.0 g/mol. The molecule has 0 aromatic heterocycles. The normalized spacial score (nSPS) is 20.0. The van der Waals surface area contributed by atoms with Crippen molar-refractivity contribution in [3.8, 4) is 0 Å². The molecule has 0 N–H and O–H groups in total. The molecule has 3 heteroatoms. The topological polar surface area (TPSA) is 17.1 Å². The van der Waals surface area contributed by atoms with Gasteiger partial charge >= 0.3 is 29.3 Å². The first-order valence-corrected chi connectivity index (χ1v) is 1.96. The molecule has 0 spiro atoms. The molecule has 0 aromatic carbocycles. The molecule has 0 radical (unpaired) electrons. The maximum absolute atomic E-state index is 9.46. The Labute approximate surface area is 30.5 Å². The van der Waals surface area contributed by atoms with Crippen LogP contribution in [-0.2, 0) is 4.70 Å². The van der Waals surface area contributed by atoms with Crippen LogP contribution in [0.3, 0.4) is 0 Å². The van der Waals surface area contributed by atoms with Gasteiger partial charge in [-0.3, -0.25) is 0 Å². The molecule has 0 bridgehead atoms. The van der Waals surface area contributed by atoms with Crippen LogP contribution >= 0.6 is 8.40 Å². The van der Waals surface area contributed by atoms with Crippen molar-refractivity contribution in [2.45, 2.75) is 0 Å². The second-order valence-corrected chi connectivity index (χ2v) is 0.864. The fourth-order valence-electron chi connectivity index (χ4n) is 0. The summed E-state index contributed by atoms with van der Waals surface area (Å²) in [5.74, 6) is 0. The summed E-state index contributed by atoms with van der Waals surface area (Å²) in [6.07, 6.45) is 0. The van der Waals surface area contributed by atoms with Crippen molar-refractivity contribution in [1.29, 1.82) is 1.28 Å². The van der Waals surface area contributed by atoms with Crippen molar-refractivity contribution in [1.82, 2.24) is 0 Å². The van der Waals surface area contributed by atoms with E-state index < -0.39 is 8.40 Å². The fraction of sp³-hybridized carbons (Fsp3) is 1.00. The van der Waals surface area contributed by atoms with Gasteiger partial charge in [0.1, 0.15) is 0 Å². The second kappa shape index (κ2) is 3.29. The van der Waals surface area contributed by atoms with E-state index in [0.717, 1.165) is 0 Å². The first-order valence-electron chi connectivity index (χ1n) is 1.96. The summed E-state index contributed by atoms with van der Waals surface area (Å²) in [4.78, 5) is 0. The Bertz CT molecular complexity index is 50.8. The van der Waals surface area contributed by atoms with E-state index in [1.807, 2.05) is 0 Å². The molecule has 0 aliphatic heterocycles. The van der Waals surface area contributed by atoms with Crippen LogP contribution in [-0.4, -0.2) is 14.8 Å². The number of hydrogen-bond donors (Lipinski definition) is 0. The zero-order valence-electron chi connectivity index (χ0n) is 4.14. The van der Waals surface area contributed by atoms with Gasteiger partial charge in [-0.1, -0.05) is 0 Å². The molecule has 0 rings (SSSR count). The van der Waals surface area contributed by atoms with E-state index in [9.17, 15) is 4.70 Å². The number of rotatable bonds is 1. The van der Waals surface area contributed by atoms with E-state index in [2.05, 4.69) is 0 Å². The van der Waals surface area contributed by atoms with Crippen LogP contribution in [0, 0.1) is 0 Å². The van der Waals surface area contributed by atoms with E-state index in [-0.39, 0.29) is 6.64 Å². The van der Waals surface area contributed by atoms with Gasteiger partial charge in [0, 0.05) is 0 Å². The molecule has 0 amide bonds. The third kappa shape index (κ3) is 2.29. The van der Waals surface area contributed by atoms with Gasteiger partial charge in [-0.25, -0.2) is 0 Å². The fourth-order valence-corrected chi connectivity index (χ4v) is 0. The van der Waals surface area contributed by atoms with Crippen molar-refractivity contribution >= 4 is 15.3 Å². The molecule has 1 atom stereocenters. The SMILES string of the molecule is [2H]CP([3H])B=O. The summed E-state index contributed by atoms with van der Waals surface area (Å²) in [6.45, 7) is 0.459. The molecule has 1 nitrogen and oxygen atoms in total. The average Bonchev–Trinajstić information content (AvgIpc) is 1.65. The van der Waals surface area contributed by atoms with E-state index in [1.54, 1.807) is 0 Å². The predicted molar refractivity (Wildman–Crippen MR) is 20.7 cm³/mol. The van der Waals surface area contributed by atoms with Crippen LogP contribution in [0.4, 0.5) is 0 Å². The second-order valence-electron chi connectivity index (χ2n) is 0.288. The van der Waals surface area contributed by atoms with Gasteiger partial charge in [-0.05, 0) is 0 Å². The molecular weight excluding hydrogens is 69.8 g/mol. The predicted octanol–water partition coefficient (Wildman–Crippen LogP) is 0.259. The Morgan fingerprint density at radius 1 is 3.00 bits per heavy atom. The molecule has 4 heavy (non-hydrogen) atoms. The van der Waals surface area contributed by atoms with E-state index in [0.29, 0.717) is 6.87 Å². The van der Waals surface area contributed by atoms with Gasteiger partial charge in [0.05, 0.1) is 0 Å². The zero-order chi connectivity index (χ0) is 4.99. The Morgan fingerprint density at radius 3 is 3.75 bits per heavy atom. The summed E-state index contributed by atoms with van der Waals surface area (Å²) < 4.78 is 22.5. The maximum atomic E-state index is 9.46. The molecule has 0 saturated heterocycles. The first kappa shape index (κ1) is 1.66. The molecule has 22 valence electrons. The average molecular weight is 76.8 g/mol. The summed E-state index contributed by atoms with van der Waals surface area (Å²) in [7, 11) is -1.34. The molecular formula is CH4BOP. The summed E-state index contributed by atoms with van der Waals surface area (Å²) in [5, 5.41) is 0. The minimum absolute atomic E-state index is 0.0567. The third-order valence-electron chi connectivity index (χ3n) is 0.0745. The summed E-state index contributed by atoms with van der Waals surface area (Å²) >= 11 is 0.